The standard InChI is InChI=1S/C33H51N5O6/c1-9-37(10-2)26-18-16-25(17-19-26)21-38(36-32(42)44-33(5,6)7)22-28(39)27(20-24-14-12-11-13-15-24)34-30(40)29(23(3)4)35-31(41)43-8/h11-19,23,27-29,39H,9-10,20-22H2,1-8H3,(H,34,40)(H,35,41)(H,36,42)/t27?,28?,29-/m0/s1. The van der Waals surface area contributed by atoms with Gasteiger partial charge in [-0.05, 0) is 70.2 Å². The highest BCUT2D eigenvalue weighted by Crippen LogP contribution is 2.17. The van der Waals surface area contributed by atoms with Crippen molar-refractivity contribution in [3.8, 4) is 0 Å². The highest BCUT2D eigenvalue weighted by atomic mass is 16.6. The van der Waals surface area contributed by atoms with Crippen molar-refractivity contribution in [2.24, 2.45) is 5.92 Å². The van der Waals surface area contributed by atoms with Gasteiger partial charge in [-0.1, -0.05) is 56.3 Å². The number of rotatable bonds is 15. The van der Waals surface area contributed by atoms with Crippen molar-refractivity contribution in [1.82, 2.24) is 21.1 Å². The van der Waals surface area contributed by atoms with E-state index in [-0.39, 0.29) is 19.0 Å². The SMILES string of the molecule is CCN(CC)c1ccc(CN(CC(O)C(Cc2ccccc2)NC(=O)[C@@H](NC(=O)OC)C(C)C)NC(=O)OC(C)(C)C)cc1. The van der Waals surface area contributed by atoms with E-state index in [2.05, 4.69) is 34.8 Å². The molecule has 0 fully saturated rings. The summed E-state index contributed by atoms with van der Waals surface area (Å²) in [5.74, 6) is -0.697. The van der Waals surface area contributed by atoms with Crippen molar-refractivity contribution < 1.29 is 29.0 Å². The van der Waals surface area contributed by atoms with Gasteiger partial charge in [0.2, 0.25) is 5.91 Å². The quantitative estimate of drug-likeness (QED) is 0.219. The Balaban J connectivity index is 2.33. The number of alkyl carbamates (subject to hydrolysis) is 1. The first-order valence-electron chi connectivity index (χ1n) is 15.2. The third-order valence-corrected chi connectivity index (χ3v) is 6.99. The Morgan fingerprint density at radius 1 is 0.886 bits per heavy atom. The van der Waals surface area contributed by atoms with Crippen LogP contribution in [0.1, 0.15) is 59.6 Å². The van der Waals surface area contributed by atoms with E-state index in [1.165, 1.54) is 7.11 Å². The molecule has 11 heteroatoms. The molecule has 0 aliphatic carbocycles. The highest BCUT2D eigenvalue weighted by Gasteiger charge is 2.31. The van der Waals surface area contributed by atoms with E-state index in [0.29, 0.717) is 6.42 Å². The van der Waals surface area contributed by atoms with Crippen molar-refractivity contribution in [3.05, 3.63) is 65.7 Å². The average molecular weight is 614 g/mol. The first kappa shape index (κ1) is 36.4. The van der Waals surface area contributed by atoms with Crippen molar-refractivity contribution >= 4 is 23.8 Å². The summed E-state index contributed by atoms with van der Waals surface area (Å²) in [6, 6.07) is 15.9. The minimum Gasteiger partial charge on any atom is -0.453 e. The lowest BCUT2D eigenvalue weighted by molar-refractivity contribution is -0.125. The maximum atomic E-state index is 13.4. The Hall–Kier alpha value is -3.83. The minimum atomic E-state index is -1.12. The third-order valence-electron chi connectivity index (χ3n) is 6.99. The van der Waals surface area contributed by atoms with Crippen molar-refractivity contribution in [2.75, 3.05) is 31.6 Å². The van der Waals surface area contributed by atoms with Crippen LogP contribution in [-0.2, 0) is 27.2 Å². The van der Waals surface area contributed by atoms with Gasteiger partial charge in [-0.15, -0.1) is 0 Å². The highest BCUT2D eigenvalue weighted by molar-refractivity contribution is 5.86. The summed E-state index contributed by atoms with van der Waals surface area (Å²) >= 11 is 0. The first-order chi connectivity index (χ1) is 20.8. The van der Waals surface area contributed by atoms with Crippen LogP contribution >= 0.6 is 0 Å². The molecule has 0 aliphatic rings. The second-order valence-corrected chi connectivity index (χ2v) is 12.1. The lowest BCUT2D eigenvalue weighted by Crippen LogP contribution is -2.57. The van der Waals surface area contributed by atoms with Gasteiger partial charge in [0.1, 0.15) is 11.6 Å². The summed E-state index contributed by atoms with van der Waals surface area (Å²) in [5.41, 5.74) is 4.96. The minimum absolute atomic E-state index is 0.0222. The molecule has 0 saturated heterocycles. The normalized spacial score (nSPS) is 13.5. The van der Waals surface area contributed by atoms with E-state index in [0.717, 1.165) is 29.9 Å². The zero-order valence-corrected chi connectivity index (χ0v) is 27.4. The lowest BCUT2D eigenvalue weighted by Gasteiger charge is -2.32. The number of methoxy groups -OCH3 is 1. The van der Waals surface area contributed by atoms with Crippen molar-refractivity contribution in [2.45, 2.75) is 85.2 Å². The number of hydrogen-bond donors (Lipinski definition) is 4. The number of anilines is 1. The Labute approximate surface area is 262 Å². The van der Waals surface area contributed by atoms with Gasteiger partial charge in [0.25, 0.3) is 0 Å². The molecule has 11 nitrogen and oxygen atoms in total. The molecular formula is C33H51N5O6. The van der Waals surface area contributed by atoms with Crippen LogP contribution in [0.2, 0.25) is 0 Å². The van der Waals surface area contributed by atoms with Crippen LogP contribution < -0.4 is 21.0 Å². The van der Waals surface area contributed by atoms with Gasteiger partial charge in [0.05, 0.1) is 19.3 Å². The molecule has 0 bridgehead atoms. The van der Waals surface area contributed by atoms with E-state index >= 15 is 0 Å². The van der Waals surface area contributed by atoms with E-state index in [1.807, 2.05) is 54.6 Å². The molecule has 0 radical (unpaired) electrons. The number of nitrogens with zero attached hydrogens (tertiary/aromatic N) is 2. The molecular weight excluding hydrogens is 562 g/mol. The Bertz CT molecular complexity index is 1170. The number of aliphatic hydroxyl groups is 1. The second kappa shape index (κ2) is 17.5. The molecule has 0 aliphatic heterocycles. The van der Waals surface area contributed by atoms with Crippen LogP contribution in [0.4, 0.5) is 15.3 Å². The molecule has 3 amide bonds. The Morgan fingerprint density at radius 3 is 2.02 bits per heavy atom. The van der Waals surface area contributed by atoms with Gasteiger partial charge in [-0.25, -0.2) is 14.6 Å². The third kappa shape index (κ3) is 12.4. The van der Waals surface area contributed by atoms with Crippen LogP contribution in [0, 0.1) is 5.92 Å². The number of aliphatic hydroxyl groups excluding tert-OH is 1. The molecule has 44 heavy (non-hydrogen) atoms. The predicted molar refractivity (Wildman–Crippen MR) is 172 cm³/mol. The van der Waals surface area contributed by atoms with Crippen LogP contribution in [-0.4, -0.2) is 78.7 Å². The smallest absolute Gasteiger partial charge is 0.422 e. The number of ether oxygens (including phenoxy) is 2. The molecule has 2 unspecified atom stereocenters. The van der Waals surface area contributed by atoms with E-state index < -0.39 is 41.9 Å². The van der Waals surface area contributed by atoms with Gasteiger partial charge in [-0.3, -0.25) is 10.2 Å². The number of benzene rings is 2. The fourth-order valence-corrected chi connectivity index (χ4v) is 4.70. The number of hydrogen-bond acceptors (Lipinski definition) is 8. The average Bonchev–Trinajstić information content (AvgIpc) is 2.96. The topological polar surface area (TPSA) is 132 Å². The van der Waals surface area contributed by atoms with Crippen LogP contribution in [0.15, 0.2) is 54.6 Å². The molecule has 0 saturated carbocycles. The van der Waals surface area contributed by atoms with Crippen molar-refractivity contribution in [1.29, 1.82) is 0 Å². The van der Waals surface area contributed by atoms with Crippen molar-refractivity contribution in [3.63, 3.8) is 0 Å². The molecule has 0 heterocycles. The second-order valence-electron chi connectivity index (χ2n) is 12.1. The Morgan fingerprint density at radius 2 is 1.50 bits per heavy atom. The van der Waals surface area contributed by atoms with Gasteiger partial charge >= 0.3 is 12.2 Å². The lowest BCUT2D eigenvalue weighted by atomic mass is 9.98. The van der Waals surface area contributed by atoms with E-state index in [4.69, 9.17) is 9.47 Å². The van der Waals surface area contributed by atoms with Crippen LogP contribution in [0.25, 0.3) is 0 Å². The summed E-state index contributed by atoms with van der Waals surface area (Å²) in [5, 5.41) is 18.7. The summed E-state index contributed by atoms with van der Waals surface area (Å²) in [4.78, 5) is 40.4. The molecule has 2 aromatic rings. The fraction of sp³-hybridized carbons (Fsp3) is 0.545. The molecule has 2 aromatic carbocycles. The van der Waals surface area contributed by atoms with E-state index in [9.17, 15) is 19.5 Å². The number of hydrazine groups is 1. The largest absolute Gasteiger partial charge is 0.453 e. The van der Waals surface area contributed by atoms with Gasteiger partial charge < -0.3 is 30.1 Å². The molecule has 0 aromatic heterocycles. The number of amides is 3. The summed E-state index contributed by atoms with van der Waals surface area (Å²) in [6.45, 7) is 15.2. The monoisotopic (exact) mass is 613 g/mol. The molecule has 244 valence electrons. The zero-order valence-electron chi connectivity index (χ0n) is 27.4. The molecule has 0 spiro atoms. The van der Waals surface area contributed by atoms with Gasteiger partial charge in [0, 0.05) is 31.9 Å². The maximum Gasteiger partial charge on any atom is 0.422 e. The molecule has 2 rings (SSSR count). The van der Waals surface area contributed by atoms with Crippen LogP contribution in [0.5, 0.6) is 0 Å². The first-order valence-corrected chi connectivity index (χ1v) is 15.2. The maximum absolute atomic E-state index is 13.4. The molecule has 4 N–H and O–H groups in total. The number of nitrogens with one attached hydrogen (secondary N) is 3. The molecule has 3 atom stereocenters. The Kier molecular flexibility index (Phi) is 14.4. The zero-order chi connectivity index (χ0) is 32.9. The summed E-state index contributed by atoms with van der Waals surface area (Å²) in [7, 11) is 1.23. The number of carbonyl (C=O) groups excluding carboxylic acids is 3. The van der Waals surface area contributed by atoms with Gasteiger partial charge in [0.15, 0.2) is 0 Å². The summed E-state index contributed by atoms with van der Waals surface area (Å²) < 4.78 is 10.2. The van der Waals surface area contributed by atoms with Gasteiger partial charge in [-0.2, -0.15) is 0 Å². The number of carbonyl (C=O) groups is 3. The van der Waals surface area contributed by atoms with E-state index in [1.54, 1.807) is 39.6 Å². The van der Waals surface area contributed by atoms with Crippen LogP contribution in [0.3, 0.4) is 0 Å². The fourth-order valence-electron chi connectivity index (χ4n) is 4.70. The predicted octanol–water partition coefficient (Wildman–Crippen LogP) is 4.24. The summed E-state index contributed by atoms with van der Waals surface area (Å²) in [6.07, 6.45) is -2.18.